The number of hydrogen-bond acceptors (Lipinski definition) is 1. The lowest BCUT2D eigenvalue weighted by Gasteiger charge is -2.46. The molecule has 0 N–H and O–H groups in total. The van der Waals surface area contributed by atoms with Gasteiger partial charge in [-0.3, -0.25) is 4.90 Å². The summed E-state index contributed by atoms with van der Waals surface area (Å²) in [6, 6.07) is 0. The van der Waals surface area contributed by atoms with E-state index in [-0.39, 0.29) is 0 Å². The summed E-state index contributed by atoms with van der Waals surface area (Å²) in [5.74, 6) is 0.810. The van der Waals surface area contributed by atoms with Crippen molar-refractivity contribution in [1.29, 1.82) is 0 Å². The second-order valence-electron chi connectivity index (χ2n) is 5.54. The lowest BCUT2D eigenvalue weighted by molar-refractivity contribution is 0.0427. The molecule has 0 saturated carbocycles. The Kier molecular flexibility index (Phi) is 4.43. The average molecular weight is 197 g/mol. The molecule has 1 saturated heterocycles. The van der Waals surface area contributed by atoms with Crippen LogP contribution in [0.15, 0.2) is 0 Å². The molecule has 1 unspecified atom stereocenters. The van der Waals surface area contributed by atoms with Gasteiger partial charge in [-0.15, -0.1) is 0 Å². The lowest BCUT2D eigenvalue weighted by Crippen LogP contribution is -2.50. The van der Waals surface area contributed by atoms with E-state index in [0.717, 1.165) is 5.92 Å². The number of hydrogen-bond donors (Lipinski definition) is 0. The van der Waals surface area contributed by atoms with Gasteiger partial charge >= 0.3 is 0 Å². The molecule has 1 nitrogen and oxygen atoms in total. The quantitative estimate of drug-likeness (QED) is 0.664. The molecule has 1 aliphatic rings. The Hall–Kier alpha value is -0.0400. The van der Waals surface area contributed by atoms with Crippen molar-refractivity contribution in [3.05, 3.63) is 0 Å². The van der Waals surface area contributed by atoms with Crippen LogP contribution in [0.5, 0.6) is 0 Å². The zero-order chi connectivity index (χ0) is 10.6. The Morgan fingerprint density at radius 3 is 2.57 bits per heavy atom. The maximum absolute atomic E-state index is 2.74. The van der Waals surface area contributed by atoms with Crippen LogP contribution in [0.4, 0.5) is 0 Å². The largest absolute Gasteiger partial charge is 0.298 e. The highest BCUT2D eigenvalue weighted by Crippen LogP contribution is 2.32. The third-order valence-electron chi connectivity index (χ3n) is 3.53. The van der Waals surface area contributed by atoms with Crippen LogP contribution in [0.1, 0.15) is 59.8 Å². The molecule has 0 aromatic carbocycles. The van der Waals surface area contributed by atoms with Crippen molar-refractivity contribution in [1.82, 2.24) is 4.90 Å². The van der Waals surface area contributed by atoms with Crippen LogP contribution >= 0.6 is 0 Å². The molecule has 0 aliphatic carbocycles. The first-order chi connectivity index (χ1) is 6.58. The van der Waals surface area contributed by atoms with Gasteiger partial charge in [-0.2, -0.15) is 0 Å². The van der Waals surface area contributed by atoms with E-state index in [1.807, 2.05) is 0 Å². The van der Waals surface area contributed by atoms with Crippen LogP contribution in [0.3, 0.4) is 0 Å². The Labute approximate surface area is 89.9 Å². The number of piperidine rings is 1. The van der Waals surface area contributed by atoms with Crippen molar-refractivity contribution in [2.45, 2.75) is 65.3 Å². The van der Waals surface area contributed by atoms with Crippen LogP contribution in [0.2, 0.25) is 0 Å². The standard InChI is InChI=1S/C13H27N/c1-5-8-13(4)9-6-7-10-14(13)11-12(2)3/h12H,5-11H2,1-4H3. The fourth-order valence-electron chi connectivity index (χ4n) is 2.81. The molecule has 0 aromatic rings. The molecule has 1 aliphatic heterocycles. The summed E-state index contributed by atoms with van der Waals surface area (Å²) in [6.45, 7) is 12.1. The highest BCUT2D eigenvalue weighted by Gasteiger charge is 2.33. The van der Waals surface area contributed by atoms with Crippen LogP contribution in [0, 0.1) is 5.92 Å². The first-order valence-electron chi connectivity index (χ1n) is 6.33. The monoisotopic (exact) mass is 197 g/mol. The van der Waals surface area contributed by atoms with Gasteiger partial charge < -0.3 is 0 Å². The normalized spacial score (nSPS) is 29.8. The van der Waals surface area contributed by atoms with Gasteiger partial charge in [0.05, 0.1) is 0 Å². The predicted octanol–water partition coefficient (Wildman–Crippen LogP) is 3.69. The van der Waals surface area contributed by atoms with Gasteiger partial charge in [0.2, 0.25) is 0 Å². The molecule has 0 spiro atoms. The van der Waals surface area contributed by atoms with Crippen molar-refractivity contribution in [2.75, 3.05) is 13.1 Å². The van der Waals surface area contributed by atoms with Crippen molar-refractivity contribution < 1.29 is 0 Å². The van der Waals surface area contributed by atoms with E-state index >= 15 is 0 Å². The fraction of sp³-hybridized carbons (Fsp3) is 1.00. The molecule has 1 fully saturated rings. The highest BCUT2D eigenvalue weighted by atomic mass is 15.2. The van der Waals surface area contributed by atoms with E-state index in [1.165, 1.54) is 45.2 Å². The maximum atomic E-state index is 2.74. The van der Waals surface area contributed by atoms with E-state index in [2.05, 4.69) is 32.6 Å². The summed E-state index contributed by atoms with van der Waals surface area (Å²) >= 11 is 0. The van der Waals surface area contributed by atoms with Crippen LogP contribution in [-0.2, 0) is 0 Å². The molecule has 1 atom stereocenters. The second kappa shape index (κ2) is 5.16. The number of rotatable bonds is 4. The molecule has 84 valence electrons. The van der Waals surface area contributed by atoms with Crippen LogP contribution in [0.25, 0.3) is 0 Å². The van der Waals surface area contributed by atoms with Gasteiger partial charge in [-0.1, -0.05) is 33.6 Å². The second-order valence-corrected chi connectivity index (χ2v) is 5.54. The van der Waals surface area contributed by atoms with Gasteiger partial charge in [-0.25, -0.2) is 0 Å². The molecule has 14 heavy (non-hydrogen) atoms. The van der Waals surface area contributed by atoms with Crippen LogP contribution in [-0.4, -0.2) is 23.5 Å². The average Bonchev–Trinajstić information content (AvgIpc) is 2.09. The first kappa shape index (κ1) is 12.0. The third kappa shape index (κ3) is 2.98. The molecular weight excluding hydrogens is 170 g/mol. The van der Waals surface area contributed by atoms with Gasteiger partial charge in [0, 0.05) is 12.1 Å². The van der Waals surface area contributed by atoms with E-state index < -0.39 is 0 Å². The summed E-state index contributed by atoms with van der Waals surface area (Å²) in [6.07, 6.45) is 6.95. The number of nitrogens with zero attached hydrogens (tertiary/aromatic N) is 1. The molecule has 0 radical (unpaired) electrons. The van der Waals surface area contributed by atoms with E-state index in [9.17, 15) is 0 Å². The lowest BCUT2D eigenvalue weighted by atomic mass is 9.84. The highest BCUT2D eigenvalue weighted by molar-refractivity contribution is 4.89. The van der Waals surface area contributed by atoms with Gasteiger partial charge in [-0.05, 0) is 38.6 Å². The van der Waals surface area contributed by atoms with E-state index in [0.29, 0.717) is 5.54 Å². The summed E-state index contributed by atoms with van der Waals surface area (Å²) in [4.78, 5) is 2.74. The molecule has 0 bridgehead atoms. The van der Waals surface area contributed by atoms with E-state index in [1.54, 1.807) is 0 Å². The third-order valence-corrected chi connectivity index (χ3v) is 3.53. The zero-order valence-corrected chi connectivity index (χ0v) is 10.5. The van der Waals surface area contributed by atoms with Crippen molar-refractivity contribution in [3.63, 3.8) is 0 Å². The van der Waals surface area contributed by atoms with Crippen molar-refractivity contribution >= 4 is 0 Å². The molecule has 0 amide bonds. The minimum Gasteiger partial charge on any atom is -0.298 e. The summed E-state index contributed by atoms with van der Waals surface area (Å²) in [7, 11) is 0. The SMILES string of the molecule is CCCC1(C)CCCCN1CC(C)C. The first-order valence-corrected chi connectivity index (χ1v) is 6.33. The summed E-state index contributed by atoms with van der Waals surface area (Å²) < 4.78 is 0. The van der Waals surface area contributed by atoms with Crippen LogP contribution < -0.4 is 0 Å². The minimum atomic E-state index is 0.511. The topological polar surface area (TPSA) is 3.24 Å². The fourth-order valence-corrected chi connectivity index (χ4v) is 2.81. The molecule has 1 rings (SSSR count). The van der Waals surface area contributed by atoms with Crippen molar-refractivity contribution in [2.24, 2.45) is 5.92 Å². The van der Waals surface area contributed by atoms with Gasteiger partial charge in [0.1, 0.15) is 0 Å². The predicted molar refractivity (Wildman–Crippen MR) is 63.6 cm³/mol. The Morgan fingerprint density at radius 1 is 1.29 bits per heavy atom. The minimum absolute atomic E-state index is 0.511. The summed E-state index contributed by atoms with van der Waals surface area (Å²) in [5, 5.41) is 0. The van der Waals surface area contributed by atoms with Gasteiger partial charge in [0.25, 0.3) is 0 Å². The summed E-state index contributed by atoms with van der Waals surface area (Å²) in [5.41, 5.74) is 0.511. The van der Waals surface area contributed by atoms with Gasteiger partial charge in [0.15, 0.2) is 0 Å². The zero-order valence-electron chi connectivity index (χ0n) is 10.5. The molecule has 1 heteroatoms. The number of likely N-dealkylation sites (tertiary alicyclic amines) is 1. The van der Waals surface area contributed by atoms with Crippen molar-refractivity contribution in [3.8, 4) is 0 Å². The Balaban J connectivity index is 2.57. The van der Waals surface area contributed by atoms with E-state index in [4.69, 9.17) is 0 Å². The molecular formula is C13H27N. The maximum Gasteiger partial charge on any atom is 0.0181 e. The smallest absolute Gasteiger partial charge is 0.0181 e. The molecule has 1 heterocycles. The molecule has 0 aromatic heterocycles. The Morgan fingerprint density at radius 2 is 2.00 bits per heavy atom. The Bertz CT molecular complexity index is 161.